The van der Waals surface area contributed by atoms with Gasteiger partial charge in [0.2, 0.25) is 5.91 Å². The van der Waals surface area contributed by atoms with Crippen molar-refractivity contribution in [3.63, 3.8) is 0 Å². The second kappa shape index (κ2) is 6.10. The van der Waals surface area contributed by atoms with Gasteiger partial charge in [-0.05, 0) is 18.5 Å². The molecule has 0 saturated carbocycles. The number of carbonyl (C=O) groups is 1. The van der Waals surface area contributed by atoms with Crippen LogP contribution in [0.25, 0.3) is 0 Å². The van der Waals surface area contributed by atoms with Gasteiger partial charge in [0.05, 0.1) is 18.8 Å². The zero-order valence-corrected chi connectivity index (χ0v) is 12.2. The molecule has 2 heterocycles. The predicted molar refractivity (Wildman–Crippen MR) is 80.7 cm³/mol. The Morgan fingerprint density at radius 2 is 2.14 bits per heavy atom. The number of hydrogen-bond acceptors (Lipinski definition) is 3. The molecule has 1 fully saturated rings. The van der Waals surface area contributed by atoms with E-state index in [1.165, 1.54) is 5.56 Å². The Morgan fingerprint density at radius 1 is 1.38 bits per heavy atom. The van der Waals surface area contributed by atoms with Crippen LogP contribution >= 0.6 is 0 Å². The van der Waals surface area contributed by atoms with E-state index in [4.69, 9.17) is 0 Å². The van der Waals surface area contributed by atoms with E-state index in [1.807, 2.05) is 42.3 Å². The average molecular weight is 284 g/mol. The van der Waals surface area contributed by atoms with Gasteiger partial charge in [0, 0.05) is 25.4 Å². The van der Waals surface area contributed by atoms with Crippen LogP contribution in [0.4, 0.5) is 0 Å². The maximum Gasteiger partial charge on any atom is 0.239 e. The molecular weight excluding hydrogens is 264 g/mol. The molecule has 1 unspecified atom stereocenters. The average Bonchev–Trinajstić information content (AvgIpc) is 2.85. The normalized spacial score (nSPS) is 17.3. The van der Waals surface area contributed by atoms with Crippen LogP contribution in [0.15, 0.2) is 42.7 Å². The fraction of sp³-hybridized carbons (Fsp3) is 0.375. The molecule has 0 bridgehead atoms. The van der Waals surface area contributed by atoms with E-state index in [9.17, 15) is 4.79 Å². The fourth-order valence-corrected chi connectivity index (χ4v) is 2.46. The van der Waals surface area contributed by atoms with E-state index >= 15 is 0 Å². The lowest BCUT2D eigenvalue weighted by Gasteiger charge is -2.30. The Labute approximate surface area is 124 Å². The third-order valence-electron chi connectivity index (χ3n) is 3.79. The molecule has 5 heteroatoms. The van der Waals surface area contributed by atoms with Crippen LogP contribution in [-0.4, -0.2) is 40.2 Å². The minimum atomic E-state index is 0.00867. The quantitative estimate of drug-likeness (QED) is 0.899. The Morgan fingerprint density at radius 3 is 2.81 bits per heavy atom. The molecule has 1 aromatic carbocycles. The van der Waals surface area contributed by atoms with Crippen LogP contribution in [0.5, 0.6) is 0 Å². The smallest absolute Gasteiger partial charge is 0.239 e. The number of amides is 1. The summed E-state index contributed by atoms with van der Waals surface area (Å²) >= 11 is 0. The Balaban J connectivity index is 1.58. The van der Waals surface area contributed by atoms with Gasteiger partial charge in [0.1, 0.15) is 0 Å². The van der Waals surface area contributed by atoms with E-state index in [1.54, 1.807) is 4.90 Å². The maximum atomic E-state index is 12.1. The van der Waals surface area contributed by atoms with Crippen molar-refractivity contribution >= 4 is 5.91 Å². The summed E-state index contributed by atoms with van der Waals surface area (Å²) in [6.07, 6.45) is 4.78. The topological polar surface area (TPSA) is 50.2 Å². The molecule has 0 radical (unpaired) electrons. The standard InChI is InChI=1S/C16H20N4O/c1-19(16(21)15-7-8-17-15)10-14-9-18-20(12-14)11-13-5-3-2-4-6-13/h2-6,9,12,15,17H,7-8,10-11H2,1H3. The van der Waals surface area contributed by atoms with Gasteiger partial charge >= 0.3 is 0 Å². The van der Waals surface area contributed by atoms with E-state index in [2.05, 4.69) is 22.5 Å². The molecule has 1 amide bonds. The molecule has 1 atom stereocenters. The fourth-order valence-electron chi connectivity index (χ4n) is 2.46. The molecule has 2 aromatic rings. The van der Waals surface area contributed by atoms with Gasteiger partial charge in [-0.2, -0.15) is 5.10 Å². The minimum Gasteiger partial charge on any atom is -0.340 e. The van der Waals surface area contributed by atoms with Crippen LogP contribution in [0.2, 0.25) is 0 Å². The lowest BCUT2D eigenvalue weighted by Crippen LogP contribution is -2.53. The van der Waals surface area contributed by atoms with E-state index in [-0.39, 0.29) is 11.9 Å². The summed E-state index contributed by atoms with van der Waals surface area (Å²) in [5.74, 6) is 0.164. The third kappa shape index (κ3) is 3.31. The second-order valence-corrected chi connectivity index (χ2v) is 5.52. The summed E-state index contributed by atoms with van der Waals surface area (Å²) in [6.45, 7) is 2.30. The van der Waals surface area contributed by atoms with Crippen molar-refractivity contribution in [3.05, 3.63) is 53.9 Å². The number of hydrogen-bond donors (Lipinski definition) is 1. The highest BCUT2D eigenvalue weighted by atomic mass is 16.2. The number of nitrogens with zero attached hydrogens (tertiary/aromatic N) is 3. The number of nitrogens with one attached hydrogen (secondary N) is 1. The lowest BCUT2D eigenvalue weighted by molar-refractivity contribution is -0.134. The number of rotatable bonds is 5. The molecule has 21 heavy (non-hydrogen) atoms. The van der Waals surface area contributed by atoms with E-state index in [0.29, 0.717) is 6.54 Å². The first-order valence-electron chi connectivity index (χ1n) is 7.26. The highest BCUT2D eigenvalue weighted by molar-refractivity contribution is 5.82. The summed E-state index contributed by atoms with van der Waals surface area (Å²) in [4.78, 5) is 13.8. The van der Waals surface area contributed by atoms with E-state index < -0.39 is 0 Å². The zero-order valence-electron chi connectivity index (χ0n) is 12.2. The van der Waals surface area contributed by atoms with Gasteiger partial charge in [-0.1, -0.05) is 30.3 Å². The van der Waals surface area contributed by atoms with Crippen molar-refractivity contribution in [1.29, 1.82) is 0 Å². The number of carbonyl (C=O) groups excluding carboxylic acids is 1. The molecule has 1 N–H and O–H groups in total. The summed E-state index contributed by atoms with van der Waals surface area (Å²) in [5.41, 5.74) is 2.27. The van der Waals surface area contributed by atoms with Gasteiger partial charge in [-0.25, -0.2) is 0 Å². The predicted octanol–water partition coefficient (Wildman–Crippen LogP) is 1.25. The molecule has 0 spiro atoms. The SMILES string of the molecule is CN(Cc1cnn(Cc2ccccc2)c1)C(=O)C1CCN1. The van der Waals surface area contributed by atoms with Gasteiger partial charge < -0.3 is 10.2 Å². The third-order valence-corrected chi connectivity index (χ3v) is 3.79. The molecule has 0 aliphatic carbocycles. The van der Waals surface area contributed by atoms with Crippen LogP contribution < -0.4 is 5.32 Å². The van der Waals surface area contributed by atoms with Crippen molar-refractivity contribution in [3.8, 4) is 0 Å². The van der Waals surface area contributed by atoms with Gasteiger partial charge in [0.15, 0.2) is 0 Å². The molecule has 3 rings (SSSR count). The second-order valence-electron chi connectivity index (χ2n) is 5.52. The van der Waals surface area contributed by atoms with Gasteiger partial charge in [0.25, 0.3) is 0 Å². The van der Waals surface area contributed by atoms with Gasteiger partial charge in [-0.15, -0.1) is 0 Å². The highest BCUT2D eigenvalue weighted by Crippen LogP contribution is 2.10. The zero-order chi connectivity index (χ0) is 14.7. The lowest BCUT2D eigenvalue weighted by atomic mass is 10.1. The van der Waals surface area contributed by atoms with Gasteiger partial charge in [-0.3, -0.25) is 9.48 Å². The maximum absolute atomic E-state index is 12.1. The summed E-state index contributed by atoms with van der Waals surface area (Å²) in [7, 11) is 1.84. The highest BCUT2D eigenvalue weighted by Gasteiger charge is 2.27. The largest absolute Gasteiger partial charge is 0.340 e. The molecule has 1 aromatic heterocycles. The van der Waals surface area contributed by atoms with Crippen molar-refractivity contribution in [2.45, 2.75) is 25.6 Å². The first kappa shape index (κ1) is 13.8. The molecule has 5 nitrogen and oxygen atoms in total. The van der Waals surface area contributed by atoms with Crippen molar-refractivity contribution in [2.24, 2.45) is 0 Å². The van der Waals surface area contributed by atoms with Crippen molar-refractivity contribution < 1.29 is 4.79 Å². The van der Waals surface area contributed by atoms with E-state index in [0.717, 1.165) is 25.1 Å². The van der Waals surface area contributed by atoms with Crippen LogP contribution in [0.1, 0.15) is 17.5 Å². The first-order chi connectivity index (χ1) is 10.2. The summed E-state index contributed by atoms with van der Waals surface area (Å²) < 4.78 is 1.91. The first-order valence-corrected chi connectivity index (χ1v) is 7.26. The summed E-state index contributed by atoms with van der Waals surface area (Å²) in [6, 6.07) is 10.2. The van der Waals surface area contributed by atoms with Crippen molar-refractivity contribution in [1.82, 2.24) is 20.0 Å². The van der Waals surface area contributed by atoms with Crippen LogP contribution in [0, 0.1) is 0 Å². The van der Waals surface area contributed by atoms with Crippen LogP contribution in [0.3, 0.4) is 0 Å². The molecule has 1 aliphatic heterocycles. The number of likely N-dealkylation sites (N-methyl/N-ethyl adjacent to an activating group) is 1. The molecular formula is C16H20N4O. The molecule has 1 aliphatic rings. The van der Waals surface area contributed by atoms with Crippen LogP contribution in [-0.2, 0) is 17.9 Å². The summed E-state index contributed by atoms with van der Waals surface area (Å²) in [5, 5.41) is 7.50. The Hall–Kier alpha value is -2.14. The molecule has 1 saturated heterocycles. The minimum absolute atomic E-state index is 0.00867. The monoisotopic (exact) mass is 284 g/mol. The Kier molecular flexibility index (Phi) is 4.01. The molecule has 110 valence electrons. The Bertz CT molecular complexity index is 604. The number of aromatic nitrogens is 2. The van der Waals surface area contributed by atoms with Crippen molar-refractivity contribution in [2.75, 3.05) is 13.6 Å². The number of benzene rings is 1.